The van der Waals surface area contributed by atoms with E-state index < -0.39 is 8.07 Å². The van der Waals surface area contributed by atoms with E-state index in [1.807, 2.05) is 0 Å². The van der Waals surface area contributed by atoms with Crippen LogP contribution in [0.25, 0.3) is 0 Å². The molecule has 0 bridgehead atoms. The van der Waals surface area contributed by atoms with Crippen LogP contribution in [0.4, 0.5) is 5.69 Å². The molecule has 0 saturated heterocycles. The fourth-order valence-corrected chi connectivity index (χ4v) is 12.7. The largest absolute Gasteiger partial charge is 0.380 e. The molecule has 3 aromatic carbocycles. The summed E-state index contributed by atoms with van der Waals surface area (Å²) >= 11 is 3.72. The molecule has 37 heavy (non-hydrogen) atoms. The van der Waals surface area contributed by atoms with Gasteiger partial charge in [0.2, 0.25) is 0 Å². The van der Waals surface area contributed by atoms with Crippen molar-refractivity contribution < 1.29 is 0 Å². The Morgan fingerprint density at radius 1 is 0.784 bits per heavy atom. The summed E-state index contributed by atoms with van der Waals surface area (Å²) in [6.07, 6.45) is 5.30. The van der Waals surface area contributed by atoms with Gasteiger partial charge in [-0.2, -0.15) is 0 Å². The van der Waals surface area contributed by atoms with E-state index in [0.717, 1.165) is 36.6 Å². The maximum atomic E-state index is 4.26. The van der Waals surface area contributed by atoms with Crippen LogP contribution in [0.2, 0.25) is 5.04 Å². The average Bonchev–Trinajstić information content (AvgIpc) is 2.88. The van der Waals surface area contributed by atoms with E-state index in [2.05, 4.69) is 153 Å². The van der Waals surface area contributed by atoms with Crippen LogP contribution in [0.15, 0.2) is 113 Å². The Balaban J connectivity index is 2.49. The lowest BCUT2D eigenvalue weighted by molar-refractivity contribution is 0.702. The maximum absolute atomic E-state index is 4.26. The summed E-state index contributed by atoms with van der Waals surface area (Å²) in [5.74, 6) is 0. The van der Waals surface area contributed by atoms with Crippen LogP contribution < -0.4 is 15.7 Å². The molecule has 0 heterocycles. The molecule has 1 atom stereocenters. The molecule has 3 rings (SSSR count). The van der Waals surface area contributed by atoms with E-state index in [4.69, 9.17) is 0 Å². The molecule has 1 unspecified atom stereocenters. The first kappa shape index (κ1) is 29.2. The first-order valence-electron chi connectivity index (χ1n) is 13.7. The lowest BCUT2D eigenvalue weighted by atomic mass is 9.96. The van der Waals surface area contributed by atoms with Gasteiger partial charge in [0.25, 0.3) is 0 Å². The van der Waals surface area contributed by atoms with Gasteiger partial charge in [-0.15, -0.1) is 0 Å². The summed E-state index contributed by atoms with van der Waals surface area (Å²) in [7, 11) is -2.52. The van der Waals surface area contributed by atoms with Crippen molar-refractivity contribution in [2.24, 2.45) is 0 Å². The molecule has 0 aromatic heterocycles. The van der Waals surface area contributed by atoms with Crippen LogP contribution in [0, 0.1) is 0 Å². The molecule has 1 nitrogen and oxygen atoms in total. The van der Waals surface area contributed by atoms with Crippen LogP contribution in [0.3, 0.4) is 0 Å². The second-order valence-electron chi connectivity index (χ2n) is 11.1. The first-order valence-corrected chi connectivity index (χ1v) is 16.6. The minimum Gasteiger partial charge on any atom is -0.380 e. The minimum atomic E-state index is -2.52. The van der Waals surface area contributed by atoms with Crippen molar-refractivity contribution in [1.82, 2.24) is 0 Å². The molecule has 0 fully saturated rings. The fourth-order valence-electron chi connectivity index (χ4n) is 6.05. The molecule has 1 N–H and O–H groups in total. The zero-order valence-electron chi connectivity index (χ0n) is 23.4. The highest BCUT2D eigenvalue weighted by atomic mass is 79.9. The number of para-hydroxylation sites is 1. The average molecular weight is 575 g/mol. The third-order valence-corrected chi connectivity index (χ3v) is 13.9. The van der Waals surface area contributed by atoms with Gasteiger partial charge in [0.15, 0.2) is 8.07 Å². The van der Waals surface area contributed by atoms with Crippen molar-refractivity contribution in [2.45, 2.75) is 77.4 Å². The highest BCUT2D eigenvalue weighted by Crippen LogP contribution is 2.43. The number of anilines is 1. The smallest absolute Gasteiger partial charge is 0.150 e. The van der Waals surface area contributed by atoms with E-state index in [1.165, 1.54) is 21.6 Å². The molecule has 0 aliphatic rings. The molecule has 0 spiro atoms. The van der Waals surface area contributed by atoms with E-state index in [9.17, 15) is 0 Å². The Morgan fingerprint density at radius 3 is 1.65 bits per heavy atom. The van der Waals surface area contributed by atoms with Crippen LogP contribution in [0.1, 0.15) is 66.7 Å². The molecule has 0 amide bonds. The fraction of sp³-hybridized carbons (Fsp3) is 0.353. The maximum Gasteiger partial charge on any atom is 0.150 e. The second kappa shape index (κ2) is 13.4. The zero-order valence-corrected chi connectivity index (χ0v) is 25.9. The Kier molecular flexibility index (Phi) is 10.6. The monoisotopic (exact) mass is 573 g/mol. The Bertz CT molecular complexity index is 1110. The molecular weight excluding hydrogens is 530 g/mol. The normalized spacial score (nSPS) is 13.6. The Hall–Kier alpha value is -2.36. The van der Waals surface area contributed by atoms with Crippen LogP contribution in [-0.4, -0.2) is 13.7 Å². The van der Waals surface area contributed by atoms with Gasteiger partial charge in [-0.3, -0.25) is 0 Å². The van der Waals surface area contributed by atoms with Crippen LogP contribution in [-0.2, 0) is 0 Å². The van der Waals surface area contributed by atoms with Gasteiger partial charge in [0.1, 0.15) is 0 Å². The third kappa shape index (κ3) is 6.75. The van der Waals surface area contributed by atoms with Gasteiger partial charge < -0.3 is 5.32 Å². The first-order chi connectivity index (χ1) is 17.8. The number of halogens is 1. The predicted octanol–water partition coefficient (Wildman–Crippen LogP) is 9.27. The Morgan fingerprint density at radius 2 is 1.24 bits per heavy atom. The molecular formula is C34H44BrNSi. The Labute approximate surface area is 235 Å². The highest BCUT2D eigenvalue weighted by Gasteiger charge is 2.54. The molecule has 0 aliphatic carbocycles. The van der Waals surface area contributed by atoms with Crippen molar-refractivity contribution >= 4 is 40.1 Å². The van der Waals surface area contributed by atoms with Gasteiger partial charge >= 0.3 is 0 Å². The summed E-state index contributed by atoms with van der Waals surface area (Å²) in [6.45, 7) is 16.3. The van der Waals surface area contributed by atoms with E-state index in [0.29, 0.717) is 0 Å². The van der Waals surface area contributed by atoms with Gasteiger partial charge in [-0.05, 0) is 40.9 Å². The second-order valence-corrected chi connectivity index (χ2v) is 17.0. The van der Waals surface area contributed by atoms with Gasteiger partial charge in [0.05, 0.1) is 0 Å². The molecule has 3 heteroatoms. The summed E-state index contributed by atoms with van der Waals surface area (Å²) in [5.41, 5.74) is 4.48. The zero-order chi connectivity index (χ0) is 26.9. The topological polar surface area (TPSA) is 12.0 Å². The number of rotatable bonds is 12. The number of hydrogen-bond donors (Lipinski definition) is 1. The molecule has 0 aliphatic heterocycles. The van der Waals surface area contributed by atoms with E-state index in [1.54, 1.807) is 5.57 Å². The summed E-state index contributed by atoms with van der Waals surface area (Å²) < 4.78 is 1.06. The van der Waals surface area contributed by atoms with E-state index in [-0.39, 0.29) is 10.7 Å². The molecule has 3 aromatic rings. The SMILES string of the molecule is C=C(Br)C/C(CCC)=C(/CCC)C(Nc1ccccc1)[Si](c1ccccc1)(c1ccccc1)C(C)(C)C. The van der Waals surface area contributed by atoms with Crippen molar-refractivity contribution in [3.8, 4) is 0 Å². The predicted molar refractivity (Wildman–Crippen MR) is 171 cm³/mol. The standard InChI is InChI=1S/C34H44BrNSi/c1-7-18-28(26-27(3)35)32(19-8-2)33(36-29-20-12-9-13-21-29)37(34(4,5)6,30-22-14-10-15-23-30)31-24-16-11-17-25-31/h9-17,20-25,33,36H,3,7-8,18-19,26H2,1-2,4-6H3/b32-28-. The van der Waals surface area contributed by atoms with Gasteiger partial charge in [-0.1, -0.05) is 170 Å². The third-order valence-electron chi connectivity index (χ3n) is 7.44. The van der Waals surface area contributed by atoms with Crippen LogP contribution >= 0.6 is 15.9 Å². The number of allylic oxidation sites excluding steroid dienone is 2. The molecule has 0 radical (unpaired) electrons. The summed E-state index contributed by atoms with van der Waals surface area (Å²) in [6, 6.07) is 33.6. The molecule has 0 saturated carbocycles. The van der Waals surface area contributed by atoms with Gasteiger partial charge in [-0.25, -0.2) is 0 Å². The lowest BCUT2D eigenvalue weighted by Gasteiger charge is -2.51. The molecule has 196 valence electrons. The lowest BCUT2D eigenvalue weighted by Crippen LogP contribution is -2.74. The summed E-state index contributed by atoms with van der Waals surface area (Å²) in [4.78, 5) is 0. The van der Waals surface area contributed by atoms with Gasteiger partial charge in [0, 0.05) is 11.4 Å². The number of nitrogens with one attached hydrogen (secondary N) is 1. The van der Waals surface area contributed by atoms with Crippen molar-refractivity contribution in [1.29, 1.82) is 0 Å². The van der Waals surface area contributed by atoms with E-state index >= 15 is 0 Å². The number of hydrogen-bond acceptors (Lipinski definition) is 1. The highest BCUT2D eigenvalue weighted by molar-refractivity contribution is 9.11. The summed E-state index contributed by atoms with van der Waals surface area (Å²) in [5, 5.41) is 7.16. The van der Waals surface area contributed by atoms with Crippen molar-refractivity contribution in [3.63, 3.8) is 0 Å². The van der Waals surface area contributed by atoms with Crippen molar-refractivity contribution in [2.75, 3.05) is 5.32 Å². The van der Waals surface area contributed by atoms with Crippen LogP contribution in [0.5, 0.6) is 0 Å². The van der Waals surface area contributed by atoms with Crippen molar-refractivity contribution in [3.05, 3.63) is 113 Å². The minimum absolute atomic E-state index is 0.0316. The quantitative estimate of drug-likeness (QED) is 0.168. The number of benzene rings is 3.